The highest BCUT2D eigenvalue weighted by Crippen LogP contribution is 2.36. The maximum absolute atomic E-state index is 10.1. The van der Waals surface area contributed by atoms with Gasteiger partial charge in [-0.15, -0.1) is 0 Å². The van der Waals surface area contributed by atoms with Crippen LogP contribution in [0.3, 0.4) is 0 Å². The van der Waals surface area contributed by atoms with Crippen molar-refractivity contribution in [2.45, 2.75) is 20.4 Å². The highest BCUT2D eigenvalue weighted by Gasteiger charge is 2.16. The smallest absolute Gasteiger partial charge is 0.139 e. The van der Waals surface area contributed by atoms with E-state index in [0.29, 0.717) is 5.75 Å². The highest BCUT2D eigenvalue weighted by molar-refractivity contribution is 5.95. The van der Waals surface area contributed by atoms with Crippen molar-refractivity contribution in [2.24, 2.45) is 0 Å². The minimum Gasteiger partial charge on any atom is -0.506 e. The molecule has 2 nitrogen and oxygen atoms in total. The van der Waals surface area contributed by atoms with Crippen LogP contribution >= 0.6 is 0 Å². The topological polar surface area (TPSA) is 25.2 Å². The molecule has 1 aromatic heterocycles. The Morgan fingerprint density at radius 2 is 1.74 bits per heavy atom. The van der Waals surface area contributed by atoms with Gasteiger partial charge in [0.15, 0.2) is 0 Å². The van der Waals surface area contributed by atoms with E-state index in [2.05, 4.69) is 36.6 Å². The SMILES string of the molecule is CCn1c(-c2ccccc2)c(C)c2cccc(O)c21. The summed E-state index contributed by atoms with van der Waals surface area (Å²) in [6.07, 6.45) is 0. The fourth-order valence-corrected chi connectivity index (χ4v) is 2.84. The molecular weight excluding hydrogens is 234 g/mol. The molecule has 2 heteroatoms. The van der Waals surface area contributed by atoms with E-state index < -0.39 is 0 Å². The lowest BCUT2D eigenvalue weighted by Gasteiger charge is -2.09. The first-order valence-corrected chi connectivity index (χ1v) is 6.60. The van der Waals surface area contributed by atoms with Gasteiger partial charge in [-0.2, -0.15) is 0 Å². The standard InChI is InChI=1S/C17H17NO/c1-3-18-16(13-8-5-4-6-9-13)12(2)14-10-7-11-15(19)17(14)18/h4-11,19H,3H2,1-2H3. The molecule has 96 valence electrons. The molecule has 0 saturated carbocycles. The molecule has 0 spiro atoms. The number of rotatable bonds is 2. The van der Waals surface area contributed by atoms with E-state index in [9.17, 15) is 5.11 Å². The van der Waals surface area contributed by atoms with E-state index >= 15 is 0 Å². The number of phenolic OH excluding ortho intramolecular Hbond substituents is 1. The summed E-state index contributed by atoms with van der Waals surface area (Å²) in [5.74, 6) is 0.352. The van der Waals surface area contributed by atoms with Crippen LogP contribution < -0.4 is 0 Å². The van der Waals surface area contributed by atoms with Gasteiger partial charge in [-0.25, -0.2) is 0 Å². The second kappa shape index (κ2) is 4.47. The zero-order valence-corrected chi connectivity index (χ0v) is 11.2. The molecule has 0 fully saturated rings. The van der Waals surface area contributed by atoms with E-state index in [0.717, 1.165) is 17.4 Å². The van der Waals surface area contributed by atoms with Gasteiger partial charge < -0.3 is 9.67 Å². The molecule has 1 heterocycles. The van der Waals surface area contributed by atoms with E-state index in [-0.39, 0.29) is 0 Å². The third-order valence-corrected chi connectivity index (χ3v) is 3.68. The molecule has 0 saturated heterocycles. The van der Waals surface area contributed by atoms with Gasteiger partial charge in [-0.3, -0.25) is 0 Å². The monoisotopic (exact) mass is 251 g/mol. The second-order valence-corrected chi connectivity index (χ2v) is 4.76. The van der Waals surface area contributed by atoms with E-state index in [1.807, 2.05) is 24.3 Å². The Morgan fingerprint density at radius 1 is 1.00 bits per heavy atom. The van der Waals surface area contributed by atoms with Crippen molar-refractivity contribution in [3.63, 3.8) is 0 Å². The van der Waals surface area contributed by atoms with Crippen molar-refractivity contribution in [2.75, 3.05) is 0 Å². The Balaban J connectivity index is 2.43. The zero-order chi connectivity index (χ0) is 13.4. The van der Waals surface area contributed by atoms with E-state index in [1.165, 1.54) is 16.8 Å². The fourth-order valence-electron chi connectivity index (χ4n) is 2.84. The number of fused-ring (bicyclic) bond motifs is 1. The summed E-state index contributed by atoms with van der Waals surface area (Å²) in [6, 6.07) is 16.1. The molecule has 19 heavy (non-hydrogen) atoms. The minimum atomic E-state index is 0.352. The van der Waals surface area contributed by atoms with Crippen LogP contribution in [0.25, 0.3) is 22.2 Å². The van der Waals surface area contributed by atoms with Crippen molar-refractivity contribution >= 4 is 10.9 Å². The molecule has 2 aromatic carbocycles. The Hall–Kier alpha value is -2.22. The quantitative estimate of drug-likeness (QED) is 0.720. The van der Waals surface area contributed by atoms with Crippen LogP contribution in [0.5, 0.6) is 5.75 Å². The lowest BCUT2D eigenvalue weighted by atomic mass is 10.1. The van der Waals surface area contributed by atoms with Crippen LogP contribution in [0.2, 0.25) is 0 Å². The summed E-state index contributed by atoms with van der Waals surface area (Å²) >= 11 is 0. The average Bonchev–Trinajstić information content (AvgIpc) is 2.74. The van der Waals surface area contributed by atoms with Gasteiger partial charge in [0, 0.05) is 11.9 Å². The molecule has 0 radical (unpaired) electrons. The van der Waals surface area contributed by atoms with Gasteiger partial charge in [-0.1, -0.05) is 42.5 Å². The fraction of sp³-hybridized carbons (Fsp3) is 0.176. The Kier molecular flexibility index (Phi) is 2.79. The van der Waals surface area contributed by atoms with E-state index in [4.69, 9.17) is 0 Å². The highest BCUT2D eigenvalue weighted by atomic mass is 16.3. The van der Waals surface area contributed by atoms with Crippen LogP contribution in [-0.4, -0.2) is 9.67 Å². The molecule has 0 aliphatic heterocycles. The van der Waals surface area contributed by atoms with Crippen molar-refractivity contribution in [1.29, 1.82) is 0 Å². The van der Waals surface area contributed by atoms with Crippen molar-refractivity contribution < 1.29 is 5.11 Å². The third kappa shape index (κ3) is 1.72. The molecule has 0 atom stereocenters. The normalized spacial score (nSPS) is 11.1. The molecule has 3 aromatic rings. The predicted molar refractivity (Wildman–Crippen MR) is 79.4 cm³/mol. The van der Waals surface area contributed by atoms with Crippen molar-refractivity contribution in [1.82, 2.24) is 4.57 Å². The molecule has 0 aliphatic rings. The van der Waals surface area contributed by atoms with Gasteiger partial charge in [-0.05, 0) is 31.0 Å². The largest absolute Gasteiger partial charge is 0.506 e. The summed E-state index contributed by atoms with van der Waals surface area (Å²) in [5.41, 5.74) is 4.54. The Labute approximate surface area is 112 Å². The first-order chi connectivity index (χ1) is 9.24. The molecule has 0 amide bonds. The summed E-state index contributed by atoms with van der Waals surface area (Å²) in [4.78, 5) is 0. The Morgan fingerprint density at radius 3 is 2.42 bits per heavy atom. The number of phenols is 1. The van der Waals surface area contributed by atoms with Gasteiger partial charge in [0.2, 0.25) is 0 Å². The van der Waals surface area contributed by atoms with Crippen molar-refractivity contribution in [3.8, 4) is 17.0 Å². The molecule has 0 bridgehead atoms. The van der Waals surface area contributed by atoms with Gasteiger partial charge in [0.25, 0.3) is 0 Å². The van der Waals surface area contributed by atoms with Crippen molar-refractivity contribution in [3.05, 3.63) is 54.1 Å². The number of aryl methyl sites for hydroxylation is 2. The Bertz CT molecular complexity index is 726. The maximum atomic E-state index is 10.1. The lowest BCUT2D eigenvalue weighted by molar-refractivity contribution is 0.478. The van der Waals surface area contributed by atoms with Crippen LogP contribution in [0.1, 0.15) is 12.5 Å². The number of hydrogen-bond acceptors (Lipinski definition) is 1. The summed E-state index contributed by atoms with van der Waals surface area (Å²) in [7, 11) is 0. The van der Waals surface area contributed by atoms with Crippen LogP contribution in [0, 0.1) is 6.92 Å². The first-order valence-electron chi connectivity index (χ1n) is 6.60. The van der Waals surface area contributed by atoms with Crippen LogP contribution in [-0.2, 0) is 6.54 Å². The number of aromatic hydroxyl groups is 1. The summed E-state index contributed by atoms with van der Waals surface area (Å²) in [5, 5.41) is 11.3. The van der Waals surface area contributed by atoms with Crippen LogP contribution in [0.4, 0.5) is 0 Å². The number of benzene rings is 2. The molecule has 0 aliphatic carbocycles. The van der Waals surface area contributed by atoms with Gasteiger partial charge in [0.05, 0.1) is 11.2 Å². The average molecular weight is 251 g/mol. The summed E-state index contributed by atoms with van der Waals surface area (Å²) in [6.45, 7) is 5.07. The molecular formula is C17H17NO. The van der Waals surface area contributed by atoms with E-state index in [1.54, 1.807) is 6.07 Å². The maximum Gasteiger partial charge on any atom is 0.139 e. The lowest BCUT2D eigenvalue weighted by Crippen LogP contribution is -1.97. The number of para-hydroxylation sites is 1. The van der Waals surface area contributed by atoms with Gasteiger partial charge >= 0.3 is 0 Å². The molecule has 3 rings (SSSR count). The first kappa shape index (κ1) is 11.8. The second-order valence-electron chi connectivity index (χ2n) is 4.76. The number of aromatic nitrogens is 1. The zero-order valence-electron chi connectivity index (χ0n) is 11.2. The number of nitrogens with zero attached hydrogens (tertiary/aromatic N) is 1. The summed E-state index contributed by atoms with van der Waals surface area (Å²) < 4.78 is 2.19. The third-order valence-electron chi connectivity index (χ3n) is 3.68. The molecule has 0 unspecified atom stereocenters. The van der Waals surface area contributed by atoms with Crippen LogP contribution in [0.15, 0.2) is 48.5 Å². The number of hydrogen-bond donors (Lipinski definition) is 1. The predicted octanol–water partition coefficient (Wildman–Crippen LogP) is 4.34. The van der Waals surface area contributed by atoms with Gasteiger partial charge in [0.1, 0.15) is 5.75 Å². The molecule has 1 N–H and O–H groups in total. The minimum absolute atomic E-state index is 0.352.